The van der Waals surface area contributed by atoms with E-state index >= 15 is 0 Å². The highest BCUT2D eigenvalue weighted by Crippen LogP contribution is 2.32. The Bertz CT molecular complexity index is 1120. The zero-order chi connectivity index (χ0) is 22.4. The molecule has 10 heteroatoms. The summed E-state index contributed by atoms with van der Waals surface area (Å²) >= 11 is 19.2. The molecule has 0 spiro atoms. The number of thioether (sulfide) groups is 1. The molecule has 0 fully saturated rings. The highest BCUT2D eigenvalue weighted by Gasteiger charge is 2.15. The molecule has 0 aliphatic heterocycles. The Morgan fingerprint density at radius 2 is 1.94 bits per heavy atom. The van der Waals surface area contributed by atoms with E-state index in [0.717, 1.165) is 30.2 Å². The fourth-order valence-electron chi connectivity index (χ4n) is 2.60. The SMILES string of the molecule is CCCc1nc(S/C(=C\c2cc(Cl)ccc2OCc2ccc(Cl)cc2Cl)C(=O)O)n[nH]1. The fraction of sp³-hybridized carbons (Fsp3) is 0.190. The highest BCUT2D eigenvalue weighted by atomic mass is 35.5. The number of aryl methyl sites for hydroxylation is 1. The number of halogens is 3. The van der Waals surface area contributed by atoms with Gasteiger partial charge in [0.25, 0.3) is 0 Å². The van der Waals surface area contributed by atoms with Crippen LogP contribution in [0.5, 0.6) is 5.75 Å². The minimum absolute atomic E-state index is 0.0266. The van der Waals surface area contributed by atoms with Crippen molar-refractivity contribution >= 4 is 58.6 Å². The monoisotopic (exact) mass is 497 g/mol. The van der Waals surface area contributed by atoms with E-state index in [1.165, 1.54) is 6.08 Å². The number of carbonyl (C=O) groups is 1. The topological polar surface area (TPSA) is 88.1 Å². The first-order chi connectivity index (χ1) is 14.9. The lowest BCUT2D eigenvalue weighted by Crippen LogP contribution is -2.00. The molecule has 1 heterocycles. The number of benzene rings is 2. The van der Waals surface area contributed by atoms with Gasteiger partial charge in [-0.2, -0.15) is 0 Å². The average Bonchev–Trinajstić information content (AvgIpc) is 3.15. The predicted molar refractivity (Wildman–Crippen MR) is 124 cm³/mol. The lowest BCUT2D eigenvalue weighted by molar-refractivity contribution is -0.131. The lowest BCUT2D eigenvalue weighted by atomic mass is 10.2. The van der Waals surface area contributed by atoms with Crippen molar-refractivity contribution in [3.63, 3.8) is 0 Å². The van der Waals surface area contributed by atoms with Crippen LogP contribution in [0, 0.1) is 0 Å². The van der Waals surface area contributed by atoms with Gasteiger partial charge in [0.2, 0.25) is 5.16 Å². The van der Waals surface area contributed by atoms with Crippen LogP contribution in [0.2, 0.25) is 15.1 Å². The average molecular weight is 499 g/mol. The molecule has 0 radical (unpaired) electrons. The number of nitrogens with zero attached hydrogens (tertiary/aromatic N) is 2. The first-order valence-corrected chi connectivity index (χ1v) is 11.2. The number of H-pyrrole nitrogens is 1. The van der Waals surface area contributed by atoms with Crippen molar-refractivity contribution in [1.82, 2.24) is 15.2 Å². The minimum Gasteiger partial charge on any atom is -0.488 e. The van der Waals surface area contributed by atoms with Crippen molar-refractivity contribution in [2.24, 2.45) is 0 Å². The number of aromatic nitrogens is 3. The van der Waals surface area contributed by atoms with Crippen molar-refractivity contribution in [3.05, 3.63) is 73.3 Å². The molecule has 0 aliphatic rings. The molecule has 2 N–H and O–H groups in total. The summed E-state index contributed by atoms with van der Waals surface area (Å²) in [5.41, 5.74) is 1.25. The van der Waals surface area contributed by atoms with E-state index in [9.17, 15) is 9.90 Å². The van der Waals surface area contributed by atoms with Gasteiger partial charge in [-0.1, -0.05) is 47.8 Å². The van der Waals surface area contributed by atoms with Crippen molar-refractivity contribution < 1.29 is 14.6 Å². The number of rotatable bonds is 9. The van der Waals surface area contributed by atoms with E-state index in [4.69, 9.17) is 39.5 Å². The molecule has 0 unspecified atom stereocenters. The van der Waals surface area contributed by atoms with Crippen LogP contribution in [0.1, 0.15) is 30.3 Å². The third-order valence-corrected chi connectivity index (χ3v) is 5.77. The maximum absolute atomic E-state index is 11.8. The molecular formula is C21H18Cl3N3O3S. The Hall–Kier alpha value is -2.19. The molecule has 0 saturated heterocycles. The number of hydrogen-bond donors (Lipinski definition) is 2. The van der Waals surface area contributed by atoms with E-state index in [1.807, 2.05) is 6.92 Å². The van der Waals surface area contributed by atoms with E-state index in [0.29, 0.717) is 37.4 Å². The summed E-state index contributed by atoms with van der Waals surface area (Å²) in [5.74, 6) is 0.0521. The van der Waals surface area contributed by atoms with Crippen LogP contribution in [0.4, 0.5) is 0 Å². The van der Waals surface area contributed by atoms with Crippen molar-refractivity contribution in [2.75, 3.05) is 0 Å². The van der Waals surface area contributed by atoms with Gasteiger partial charge in [0, 0.05) is 32.6 Å². The quantitative estimate of drug-likeness (QED) is 0.258. The first kappa shape index (κ1) is 23.5. The van der Waals surface area contributed by atoms with Gasteiger partial charge >= 0.3 is 5.97 Å². The minimum atomic E-state index is -1.11. The summed E-state index contributed by atoms with van der Waals surface area (Å²) in [6, 6.07) is 10.1. The number of hydrogen-bond acceptors (Lipinski definition) is 5. The maximum Gasteiger partial charge on any atom is 0.342 e. The number of aliphatic carboxylic acids is 1. The van der Waals surface area contributed by atoms with Gasteiger partial charge in [-0.05, 0) is 54.6 Å². The van der Waals surface area contributed by atoms with Crippen molar-refractivity contribution in [1.29, 1.82) is 0 Å². The fourth-order valence-corrected chi connectivity index (χ4v) is 3.96. The zero-order valence-electron chi connectivity index (χ0n) is 16.4. The van der Waals surface area contributed by atoms with Crippen LogP contribution in [0.25, 0.3) is 6.08 Å². The van der Waals surface area contributed by atoms with Gasteiger partial charge in [-0.3, -0.25) is 5.10 Å². The molecule has 0 atom stereocenters. The van der Waals surface area contributed by atoms with Gasteiger partial charge in [-0.25, -0.2) is 9.78 Å². The molecule has 2 aromatic carbocycles. The Labute approximate surface area is 198 Å². The van der Waals surface area contributed by atoms with Crippen LogP contribution in [0.15, 0.2) is 46.5 Å². The van der Waals surface area contributed by atoms with Crippen molar-refractivity contribution in [3.8, 4) is 5.75 Å². The molecular weight excluding hydrogens is 481 g/mol. The zero-order valence-corrected chi connectivity index (χ0v) is 19.4. The second-order valence-corrected chi connectivity index (χ2v) is 8.73. The summed E-state index contributed by atoms with van der Waals surface area (Å²) in [5, 5.41) is 18.3. The number of ether oxygens (including phenoxy) is 1. The van der Waals surface area contributed by atoms with Gasteiger partial charge in [-0.15, -0.1) is 5.10 Å². The predicted octanol–water partition coefficient (Wildman–Crippen LogP) is 6.51. The number of carboxylic acids is 1. The second kappa shape index (κ2) is 10.9. The summed E-state index contributed by atoms with van der Waals surface area (Å²) in [7, 11) is 0. The highest BCUT2D eigenvalue weighted by molar-refractivity contribution is 8.04. The van der Waals surface area contributed by atoms with Gasteiger partial charge in [0.15, 0.2) is 0 Å². The standard InChI is InChI=1S/C21H18Cl3N3O3S/c1-2-3-19-25-21(27-26-19)31-18(20(28)29)9-13-8-14(22)6-7-17(13)30-11-12-4-5-15(23)10-16(12)24/h4-10H,2-3,11H2,1H3,(H,28,29)(H,25,26,27)/b18-9-. The molecule has 6 nitrogen and oxygen atoms in total. The summed E-state index contributed by atoms with van der Waals surface area (Å²) in [6.45, 7) is 2.20. The summed E-state index contributed by atoms with van der Waals surface area (Å²) in [6.07, 6.45) is 3.12. The number of nitrogens with one attached hydrogen (secondary N) is 1. The van der Waals surface area contributed by atoms with Crippen LogP contribution in [-0.4, -0.2) is 26.3 Å². The van der Waals surface area contributed by atoms with Gasteiger partial charge < -0.3 is 9.84 Å². The third kappa shape index (κ3) is 6.64. The Morgan fingerprint density at radius 1 is 1.19 bits per heavy atom. The van der Waals surface area contributed by atoms with Crippen LogP contribution >= 0.6 is 46.6 Å². The van der Waals surface area contributed by atoms with Gasteiger partial charge in [0.1, 0.15) is 23.1 Å². The molecule has 31 heavy (non-hydrogen) atoms. The Kier molecular flexibility index (Phi) is 8.26. The third-order valence-electron chi connectivity index (χ3n) is 4.07. The molecule has 3 rings (SSSR count). The van der Waals surface area contributed by atoms with Crippen LogP contribution in [0.3, 0.4) is 0 Å². The van der Waals surface area contributed by atoms with E-state index in [2.05, 4.69) is 15.2 Å². The van der Waals surface area contributed by atoms with E-state index in [1.54, 1.807) is 36.4 Å². The smallest absolute Gasteiger partial charge is 0.342 e. The molecule has 1 aromatic heterocycles. The second-order valence-electron chi connectivity index (χ2n) is 6.44. The first-order valence-electron chi connectivity index (χ1n) is 9.26. The van der Waals surface area contributed by atoms with Crippen molar-refractivity contribution in [2.45, 2.75) is 31.5 Å². The normalized spacial score (nSPS) is 11.5. The number of carboxylic acid groups (broad SMARTS) is 1. The molecule has 3 aromatic rings. The largest absolute Gasteiger partial charge is 0.488 e. The van der Waals surface area contributed by atoms with Gasteiger partial charge in [0.05, 0.1) is 0 Å². The molecule has 0 amide bonds. The van der Waals surface area contributed by atoms with E-state index < -0.39 is 5.97 Å². The van der Waals surface area contributed by atoms with Crippen LogP contribution in [-0.2, 0) is 17.8 Å². The molecule has 0 bridgehead atoms. The molecule has 0 saturated carbocycles. The summed E-state index contributed by atoms with van der Waals surface area (Å²) in [4.78, 5) is 16.2. The Morgan fingerprint density at radius 3 is 2.65 bits per heavy atom. The summed E-state index contributed by atoms with van der Waals surface area (Å²) < 4.78 is 5.90. The number of aromatic amines is 1. The maximum atomic E-state index is 11.8. The van der Waals surface area contributed by atoms with E-state index in [-0.39, 0.29) is 11.5 Å². The molecule has 0 aliphatic carbocycles. The Balaban J connectivity index is 1.85. The molecule has 162 valence electrons. The lowest BCUT2D eigenvalue weighted by Gasteiger charge is -2.12. The van der Waals surface area contributed by atoms with Crippen LogP contribution < -0.4 is 4.74 Å².